The average molecular weight is 311 g/mol. The Bertz CT molecular complexity index is 689. The predicted octanol–water partition coefficient (Wildman–Crippen LogP) is 2.73. The van der Waals surface area contributed by atoms with Gasteiger partial charge in [0, 0.05) is 6.42 Å². The zero-order valence-electron chi connectivity index (χ0n) is 12.8. The Balaban J connectivity index is 1.73. The molecule has 0 bridgehead atoms. The van der Waals surface area contributed by atoms with Gasteiger partial charge in [0.15, 0.2) is 6.61 Å². The maximum Gasteiger partial charge on any atom is 0.344 e. The van der Waals surface area contributed by atoms with Crippen molar-refractivity contribution in [2.24, 2.45) is 0 Å². The number of para-hydroxylation sites is 1. The first-order valence-corrected chi connectivity index (χ1v) is 7.13. The van der Waals surface area contributed by atoms with E-state index in [4.69, 9.17) is 19.5 Å². The Hall–Kier alpha value is -3.00. The first-order valence-electron chi connectivity index (χ1n) is 7.13. The van der Waals surface area contributed by atoms with Crippen molar-refractivity contribution in [3.63, 3.8) is 0 Å². The number of carbonyl (C=O) groups excluding carboxylic acids is 1. The molecule has 0 heterocycles. The van der Waals surface area contributed by atoms with Gasteiger partial charge in [0.1, 0.15) is 17.6 Å². The summed E-state index contributed by atoms with van der Waals surface area (Å²) in [6.07, 6.45) is 0.616. The SMILES string of the molecule is COc1ccc(CCOC(=O)COc2ccccc2C#N)cc1. The van der Waals surface area contributed by atoms with Crippen LogP contribution < -0.4 is 9.47 Å². The second kappa shape index (κ2) is 8.44. The number of hydrogen-bond acceptors (Lipinski definition) is 5. The first-order chi connectivity index (χ1) is 11.2. The van der Waals surface area contributed by atoms with Gasteiger partial charge in [-0.25, -0.2) is 4.79 Å². The Morgan fingerprint density at radius 1 is 1.13 bits per heavy atom. The van der Waals surface area contributed by atoms with Gasteiger partial charge in [-0.1, -0.05) is 24.3 Å². The highest BCUT2D eigenvalue weighted by Crippen LogP contribution is 2.16. The summed E-state index contributed by atoms with van der Waals surface area (Å²) in [5.41, 5.74) is 1.44. The third-order valence-corrected chi connectivity index (χ3v) is 3.17. The van der Waals surface area contributed by atoms with Gasteiger partial charge in [-0.3, -0.25) is 0 Å². The van der Waals surface area contributed by atoms with Crippen molar-refractivity contribution in [3.05, 3.63) is 59.7 Å². The van der Waals surface area contributed by atoms with E-state index in [1.54, 1.807) is 31.4 Å². The summed E-state index contributed by atoms with van der Waals surface area (Å²) < 4.78 is 15.5. The highest BCUT2D eigenvalue weighted by atomic mass is 16.6. The smallest absolute Gasteiger partial charge is 0.344 e. The summed E-state index contributed by atoms with van der Waals surface area (Å²) in [6, 6.07) is 16.3. The lowest BCUT2D eigenvalue weighted by Crippen LogP contribution is -2.16. The van der Waals surface area contributed by atoms with Gasteiger partial charge in [0.05, 0.1) is 19.3 Å². The van der Waals surface area contributed by atoms with Gasteiger partial charge >= 0.3 is 5.97 Å². The fourth-order valence-electron chi connectivity index (χ4n) is 1.94. The Kier molecular flexibility index (Phi) is 6.01. The van der Waals surface area contributed by atoms with Crippen LogP contribution in [0.1, 0.15) is 11.1 Å². The topological polar surface area (TPSA) is 68.6 Å². The summed E-state index contributed by atoms with van der Waals surface area (Å²) >= 11 is 0. The number of methoxy groups -OCH3 is 1. The van der Waals surface area contributed by atoms with Crippen LogP contribution in [0.3, 0.4) is 0 Å². The van der Waals surface area contributed by atoms with Gasteiger partial charge in [0.2, 0.25) is 0 Å². The van der Waals surface area contributed by atoms with E-state index in [9.17, 15) is 4.79 Å². The van der Waals surface area contributed by atoms with Gasteiger partial charge in [-0.15, -0.1) is 0 Å². The van der Waals surface area contributed by atoms with Crippen molar-refractivity contribution in [1.82, 2.24) is 0 Å². The minimum atomic E-state index is -0.466. The van der Waals surface area contributed by atoms with Crippen molar-refractivity contribution < 1.29 is 19.0 Å². The molecule has 0 spiro atoms. The molecule has 0 aromatic heterocycles. The Morgan fingerprint density at radius 2 is 1.87 bits per heavy atom. The van der Waals surface area contributed by atoms with Crippen LogP contribution in [-0.2, 0) is 16.0 Å². The van der Waals surface area contributed by atoms with Crippen molar-refractivity contribution in [2.75, 3.05) is 20.3 Å². The molecule has 0 aliphatic rings. The minimum Gasteiger partial charge on any atom is -0.497 e. The molecule has 0 fully saturated rings. The van der Waals surface area contributed by atoms with Crippen LogP contribution in [0.15, 0.2) is 48.5 Å². The van der Waals surface area contributed by atoms with E-state index in [0.29, 0.717) is 17.7 Å². The molecular formula is C18H17NO4. The number of esters is 1. The van der Waals surface area contributed by atoms with E-state index < -0.39 is 5.97 Å². The van der Waals surface area contributed by atoms with E-state index in [-0.39, 0.29) is 13.2 Å². The van der Waals surface area contributed by atoms with Crippen molar-refractivity contribution >= 4 is 5.97 Å². The van der Waals surface area contributed by atoms with Crippen LogP contribution in [0.5, 0.6) is 11.5 Å². The number of ether oxygens (including phenoxy) is 3. The molecule has 0 aliphatic carbocycles. The molecule has 5 heteroatoms. The molecule has 5 nitrogen and oxygen atoms in total. The van der Waals surface area contributed by atoms with Gasteiger partial charge < -0.3 is 14.2 Å². The predicted molar refractivity (Wildman–Crippen MR) is 84.3 cm³/mol. The van der Waals surface area contributed by atoms with Crippen LogP contribution in [-0.4, -0.2) is 26.3 Å². The number of rotatable bonds is 7. The lowest BCUT2D eigenvalue weighted by molar-refractivity contribution is -0.145. The number of benzene rings is 2. The van der Waals surface area contributed by atoms with E-state index in [2.05, 4.69) is 0 Å². The Morgan fingerprint density at radius 3 is 2.57 bits per heavy atom. The van der Waals surface area contributed by atoms with Gasteiger partial charge in [0.25, 0.3) is 0 Å². The zero-order chi connectivity index (χ0) is 16.5. The Labute approximate surface area is 135 Å². The van der Waals surface area contributed by atoms with E-state index in [0.717, 1.165) is 11.3 Å². The normalized spacial score (nSPS) is 9.74. The molecule has 0 radical (unpaired) electrons. The molecule has 2 aromatic rings. The van der Waals surface area contributed by atoms with Crippen LogP contribution in [0.2, 0.25) is 0 Å². The summed E-state index contributed by atoms with van der Waals surface area (Å²) in [4.78, 5) is 11.7. The molecule has 0 aliphatic heterocycles. The molecule has 0 N–H and O–H groups in total. The summed E-state index contributed by atoms with van der Waals surface area (Å²) in [7, 11) is 1.61. The first kappa shape index (κ1) is 16.4. The minimum absolute atomic E-state index is 0.221. The number of nitriles is 1. The summed E-state index contributed by atoms with van der Waals surface area (Å²) in [5.74, 6) is 0.698. The van der Waals surface area contributed by atoms with Gasteiger partial charge in [-0.05, 0) is 29.8 Å². The van der Waals surface area contributed by atoms with Gasteiger partial charge in [-0.2, -0.15) is 5.26 Å². The van der Waals surface area contributed by atoms with Crippen LogP contribution in [0.25, 0.3) is 0 Å². The maximum absolute atomic E-state index is 11.7. The highest BCUT2D eigenvalue weighted by Gasteiger charge is 2.07. The lowest BCUT2D eigenvalue weighted by Gasteiger charge is -2.08. The fraction of sp³-hybridized carbons (Fsp3) is 0.222. The monoisotopic (exact) mass is 311 g/mol. The third-order valence-electron chi connectivity index (χ3n) is 3.17. The van der Waals surface area contributed by atoms with E-state index in [1.807, 2.05) is 30.3 Å². The average Bonchev–Trinajstić information content (AvgIpc) is 2.60. The summed E-state index contributed by atoms with van der Waals surface area (Å²) in [5, 5.41) is 8.93. The van der Waals surface area contributed by atoms with Crippen molar-refractivity contribution in [1.29, 1.82) is 5.26 Å². The maximum atomic E-state index is 11.7. The van der Waals surface area contributed by atoms with E-state index >= 15 is 0 Å². The second-order valence-electron chi connectivity index (χ2n) is 4.72. The largest absolute Gasteiger partial charge is 0.497 e. The van der Waals surface area contributed by atoms with Crippen molar-refractivity contribution in [2.45, 2.75) is 6.42 Å². The molecule has 0 unspecified atom stereocenters. The fourth-order valence-corrected chi connectivity index (χ4v) is 1.94. The second-order valence-corrected chi connectivity index (χ2v) is 4.72. The number of carbonyl (C=O) groups is 1. The van der Waals surface area contributed by atoms with Crippen LogP contribution in [0.4, 0.5) is 0 Å². The van der Waals surface area contributed by atoms with E-state index in [1.165, 1.54) is 0 Å². The molecular weight excluding hydrogens is 294 g/mol. The number of nitrogens with zero attached hydrogens (tertiary/aromatic N) is 1. The molecule has 23 heavy (non-hydrogen) atoms. The molecule has 0 saturated heterocycles. The molecule has 0 saturated carbocycles. The van der Waals surface area contributed by atoms with Crippen LogP contribution >= 0.6 is 0 Å². The standard InChI is InChI=1S/C18H17NO4/c1-21-16-8-6-14(7-9-16)10-11-22-18(20)13-23-17-5-3-2-4-15(17)12-19/h2-9H,10-11,13H2,1H3. The molecule has 2 aromatic carbocycles. The lowest BCUT2D eigenvalue weighted by atomic mass is 10.1. The molecule has 0 atom stereocenters. The van der Waals surface area contributed by atoms with Crippen LogP contribution in [0, 0.1) is 11.3 Å². The number of hydrogen-bond donors (Lipinski definition) is 0. The summed E-state index contributed by atoms with van der Waals surface area (Å²) in [6.45, 7) is 0.0513. The highest BCUT2D eigenvalue weighted by molar-refractivity contribution is 5.71. The molecule has 0 amide bonds. The zero-order valence-corrected chi connectivity index (χ0v) is 12.8. The quantitative estimate of drug-likeness (QED) is 0.735. The van der Waals surface area contributed by atoms with Crippen molar-refractivity contribution in [3.8, 4) is 17.6 Å². The molecule has 118 valence electrons. The third kappa shape index (κ3) is 5.04. The molecule has 2 rings (SSSR count).